The third-order valence-electron chi connectivity index (χ3n) is 5.57. The smallest absolute Gasteiger partial charge is 0.246 e. The van der Waals surface area contributed by atoms with E-state index in [9.17, 15) is 18.0 Å². The van der Waals surface area contributed by atoms with Gasteiger partial charge in [0.05, 0.1) is 30.7 Å². The molecule has 178 valence electrons. The Bertz CT molecular complexity index is 1090. The van der Waals surface area contributed by atoms with Crippen molar-refractivity contribution in [2.45, 2.75) is 30.7 Å². The van der Waals surface area contributed by atoms with E-state index in [0.29, 0.717) is 36.6 Å². The van der Waals surface area contributed by atoms with Crippen LogP contribution in [0.2, 0.25) is 0 Å². The van der Waals surface area contributed by atoms with Crippen molar-refractivity contribution >= 4 is 27.5 Å². The number of anilines is 1. The van der Waals surface area contributed by atoms with Gasteiger partial charge < -0.3 is 20.1 Å². The fraction of sp³-hybridized carbons (Fsp3) is 0.391. The van der Waals surface area contributed by atoms with Gasteiger partial charge in [0, 0.05) is 13.1 Å². The van der Waals surface area contributed by atoms with E-state index in [1.807, 2.05) is 0 Å². The molecule has 0 saturated carbocycles. The van der Waals surface area contributed by atoms with Crippen molar-refractivity contribution in [1.82, 2.24) is 9.62 Å². The van der Waals surface area contributed by atoms with E-state index in [1.54, 1.807) is 43.3 Å². The number of hydrogen-bond donors (Lipinski definition) is 2. The standard InChI is InChI=1S/C23H29N3O6S/c1-16(22(27)25-20-8-4-5-9-21(20)32-3)24-23(28)17-7-6-14-26(15-17)33(29,30)19-12-10-18(31-2)11-13-19/h4-5,8-13,16-17H,6-7,14-15H2,1-3H3,(H,24,28)(H,25,27)/t16-,17+/m0/s1. The fourth-order valence-electron chi connectivity index (χ4n) is 3.66. The molecule has 0 aliphatic carbocycles. The highest BCUT2D eigenvalue weighted by Gasteiger charge is 2.34. The van der Waals surface area contributed by atoms with Gasteiger partial charge in [-0.3, -0.25) is 9.59 Å². The van der Waals surface area contributed by atoms with Crippen molar-refractivity contribution in [3.8, 4) is 11.5 Å². The van der Waals surface area contributed by atoms with Crippen LogP contribution in [0.3, 0.4) is 0 Å². The molecule has 0 radical (unpaired) electrons. The molecule has 1 aliphatic heterocycles. The molecule has 9 nitrogen and oxygen atoms in total. The van der Waals surface area contributed by atoms with Crippen LogP contribution in [0.1, 0.15) is 19.8 Å². The maximum absolute atomic E-state index is 13.0. The summed E-state index contributed by atoms with van der Waals surface area (Å²) in [7, 11) is -0.728. The summed E-state index contributed by atoms with van der Waals surface area (Å²) in [5, 5.41) is 5.44. The second-order valence-electron chi connectivity index (χ2n) is 7.80. The lowest BCUT2D eigenvalue weighted by molar-refractivity contribution is -0.129. The molecule has 0 aromatic heterocycles. The number of methoxy groups -OCH3 is 2. The highest BCUT2D eigenvalue weighted by molar-refractivity contribution is 7.89. The monoisotopic (exact) mass is 475 g/mol. The highest BCUT2D eigenvalue weighted by Crippen LogP contribution is 2.26. The number of sulfonamides is 1. The number of nitrogens with zero attached hydrogens (tertiary/aromatic N) is 1. The Morgan fingerprint density at radius 3 is 2.42 bits per heavy atom. The molecule has 1 aliphatic rings. The minimum Gasteiger partial charge on any atom is -0.497 e. The van der Waals surface area contributed by atoms with Crippen LogP contribution in [0.4, 0.5) is 5.69 Å². The largest absolute Gasteiger partial charge is 0.497 e. The molecule has 0 bridgehead atoms. The molecule has 0 spiro atoms. The van der Waals surface area contributed by atoms with Crippen LogP contribution < -0.4 is 20.1 Å². The molecule has 2 amide bonds. The lowest BCUT2D eigenvalue weighted by Crippen LogP contribution is -2.49. The van der Waals surface area contributed by atoms with Crippen LogP contribution in [0.25, 0.3) is 0 Å². The van der Waals surface area contributed by atoms with Gasteiger partial charge in [-0.25, -0.2) is 8.42 Å². The van der Waals surface area contributed by atoms with Crippen molar-refractivity contribution in [3.63, 3.8) is 0 Å². The zero-order valence-corrected chi connectivity index (χ0v) is 19.7. The predicted molar refractivity (Wildman–Crippen MR) is 124 cm³/mol. The van der Waals surface area contributed by atoms with Gasteiger partial charge in [0.2, 0.25) is 21.8 Å². The summed E-state index contributed by atoms with van der Waals surface area (Å²) in [6.45, 7) is 1.97. The van der Waals surface area contributed by atoms with Gasteiger partial charge in [0.25, 0.3) is 0 Å². The number of carbonyl (C=O) groups excluding carboxylic acids is 2. The number of hydrogen-bond acceptors (Lipinski definition) is 6. The van der Waals surface area contributed by atoms with Crippen LogP contribution >= 0.6 is 0 Å². The third kappa shape index (κ3) is 5.82. The Hall–Kier alpha value is -3.11. The molecule has 2 N–H and O–H groups in total. The van der Waals surface area contributed by atoms with E-state index in [1.165, 1.54) is 30.7 Å². The molecule has 33 heavy (non-hydrogen) atoms. The molecule has 2 atom stereocenters. The summed E-state index contributed by atoms with van der Waals surface area (Å²) in [4.78, 5) is 25.5. The second kappa shape index (κ2) is 10.7. The number of piperidine rings is 1. The van der Waals surface area contributed by atoms with Crippen LogP contribution in [-0.4, -0.2) is 57.9 Å². The quantitative estimate of drug-likeness (QED) is 0.605. The number of carbonyl (C=O) groups is 2. The van der Waals surface area contributed by atoms with Crippen LogP contribution in [0.5, 0.6) is 11.5 Å². The average molecular weight is 476 g/mol. The van der Waals surface area contributed by atoms with Crippen molar-refractivity contribution < 1.29 is 27.5 Å². The Morgan fingerprint density at radius 2 is 1.76 bits per heavy atom. The van der Waals surface area contributed by atoms with Crippen molar-refractivity contribution in [1.29, 1.82) is 0 Å². The number of para-hydroxylation sites is 2. The van der Waals surface area contributed by atoms with E-state index < -0.39 is 27.9 Å². The third-order valence-corrected chi connectivity index (χ3v) is 7.45. The number of ether oxygens (including phenoxy) is 2. The van der Waals surface area contributed by atoms with Crippen LogP contribution in [0.15, 0.2) is 53.4 Å². The maximum Gasteiger partial charge on any atom is 0.246 e. The Kier molecular flexibility index (Phi) is 7.93. The topological polar surface area (TPSA) is 114 Å². The Labute approximate surface area is 194 Å². The predicted octanol–water partition coefficient (Wildman–Crippen LogP) is 2.25. The van der Waals surface area contributed by atoms with Crippen LogP contribution in [-0.2, 0) is 19.6 Å². The highest BCUT2D eigenvalue weighted by atomic mass is 32.2. The molecule has 10 heteroatoms. The molecule has 2 aromatic rings. The zero-order valence-electron chi connectivity index (χ0n) is 18.9. The van der Waals surface area contributed by atoms with Gasteiger partial charge in [-0.05, 0) is 56.2 Å². The second-order valence-corrected chi connectivity index (χ2v) is 9.74. The summed E-state index contributed by atoms with van der Waals surface area (Å²) in [6, 6.07) is 12.3. The van der Waals surface area contributed by atoms with Gasteiger partial charge in [0.1, 0.15) is 17.5 Å². The van der Waals surface area contributed by atoms with Gasteiger partial charge in [-0.2, -0.15) is 4.31 Å². The average Bonchev–Trinajstić information content (AvgIpc) is 2.84. The van der Waals surface area contributed by atoms with Crippen molar-refractivity contribution in [3.05, 3.63) is 48.5 Å². The van der Waals surface area contributed by atoms with Gasteiger partial charge in [0.15, 0.2) is 0 Å². The summed E-state index contributed by atoms with van der Waals surface area (Å²) in [6.07, 6.45) is 1.09. The number of amides is 2. The van der Waals surface area contributed by atoms with Crippen LogP contribution in [0, 0.1) is 5.92 Å². The van der Waals surface area contributed by atoms with Gasteiger partial charge in [-0.1, -0.05) is 12.1 Å². The Balaban J connectivity index is 1.62. The van der Waals surface area contributed by atoms with E-state index in [4.69, 9.17) is 9.47 Å². The van der Waals surface area contributed by atoms with Crippen molar-refractivity contribution in [2.24, 2.45) is 5.92 Å². The number of benzene rings is 2. The first kappa shape index (κ1) is 24.5. The number of rotatable bonds is 8. The molecule has 1 saturated heterocycles. The number of nitrogens with one attached hydrogen (secondary N) is 2. The molecule has 3 rings (SSSR count). The summed E-state index contributed by atoms with van der Waals surface area (Å²) >= 11 is 0. The summed E-state index contributed by atoms with van der Waals surface area (Å²) in [5.41, 5.74) is 0.500. The molecular formula is C23H29N3O6S. The molecule has 2 aromatic carbocycles. The Morgan fingerprint density at radius 1 is 1.06 bits per heavy atom. The first-order valence-corrected chi connectivity index (χ1v) is 12.1. The van der Waals surface area contributed by atoms with E-state index in [-0.39, 0.29) is 17.3 Å². The first-order chi connectivity index (χ1) is 15.8. The molecule has 1 fully saturated rings. The fourth-order valence-corrected chi connectivity index (χ4v) is 5.18. The van der Waals surface area contributed by atoms with E-state index >= 15 is 0 Å². The lowest BCUT2D eigenvalue weighted by atomic mass is 9.98. The zero-order chi connectivity index (χ0) is 24.0. The molecule has 0 unspecified atom stereocenters. The SMILES string of the molecule is COc1ccc(S(=O)(=O)N2CCC[C@@H](C(=O)N[C@@H](C)C(=O)Nc3ccccc3OC)C2)cc1. The molecular weight excluding hydrogens is 446 g/mol. The van der Waals surface area contributed by atoms with Gasteiger partial charge >= 0.3 is 0 Å². The van der Waals surface area contributed by atoms with Gasteiger partial charge in [-0.15, -0.1) is 0 Å². The minimum absolute atomic E-state index is 0.0566. The lowest BCUT2D eigenvalue weighted by Gasteiger charge is -2.31. The summed E-state index contributed by atoms with van der Waals surface area (Å²) in [5.74, 6) is -0.228. The van der Waals surface area contributed by atoms with E-state index in [2.05, 4.69) is 10.6 Å². The first-order valence-electron chi connectivity index (χ1n) is 10.6. The summed E-state index contributed by atoms with van der Waals surface area (Å²) < 4.78 is 37.7. The van der Waals surface area contributed by atoms with E-state index in [0.717, 1.165) is 0 Å². The maximum atomic E-state index is 13.0. The van der Waals surface area contributed by atoms with Crippen molar-refractivity contribution in [2.75, 3.05) is 32.6 Å². The normalized spacial score (nSPS) is 17.6. The molecule has 1 heterocycles. The minimum atomic E-state index is -3.74.